The van der Waals surface area contributed by atoms with E-state index >= 15 is 0 Å². The van der Waals surface area contributed by atoms with Gasteiger partial charge in [0.2, 0.25) is 0 Å². The molecule has 0 aliphatic carbocycles. The van der Waals surface area contributed by atoms with Crippen molar-refractivity contribution in [2.45, 2.75) is 0 Å². The number of nitro benzene ring substituents is 2. The first-order chi connectivity index (χ1) is 14.4. The number of non-ortho nitro benzene ring substituents is 1. The van der Waals surface area contributed by atoms with E-state index in [4.69, 9.17) is 0 Å². The third-order valence-corrected chi connectivity index (χ3v) is 5.40. The number of amides is 1. The number of fused-ring (bicyclic) bond motifs is 1. The van der Waals surface area contributed by atoms with Crippen LogP contribution in [0.15, 0.2) is 66.7 Å². The topological polar surface area (TPSA) is 128 Å². The van der Waals surface area contributed by atoms with Gasteiger partial charge in [-0.25, -0.2) is 4.98 Å². The van der Waals surface area contributed by atoms with E-state index in [0.717, 1.165) is 39.0 Å². The molecule has 1 N–H and O–H groups in total. The number of hydrogen-bond acceptors (Lipinski definition) is 7. The van der Waals surface area contributed by atoms with E-state index in [2.05, 4.69) is 10.3 Å². The molecule has 0 radical (unpaired) electrons. The number of aromatic nitrogens is 1. The Morgan fingerprint density at radius 1 is 0.933 bits per heavy atom. The Morgan fingerprint density at radius 2 is 1.67 bits per heavy atom. The lowest BCUT2D eigenvalue weighted by Gasteiger charge is -2.06. The fourth-order valence-corrected chi connectivity index (χ4v) is 3.84. The molecule has 3 aromatic carbocycles. The Kier molecular flexibility index (Phi) is 4.90. The standard InChI is InChI=1S/C20H12N4O5S/c25-19(15-10-9-14(23(26)27)11-17(15)24(28)29)21-13-7-5-12(6-8-13)20-22-16-3-1-2-4-18(16)30-20/h1-11H,(H,21,25). The van der Waals surface area contributed by atoms with Crippen molar-refractivity contribution < 1.29 is 14.6 Å². The first-order valence-corrected chi connectivity index (χ1v) is 9.44. The van der Waals surface area contributed by atoms with E-state index in [9.17, 15) is 25.0 Å². The summed E-state index contributed by atoms with van der Waals surface area (Å²) in [6.45, 7) is 0. The van der Waals surface area contributed by atoms with E-state index in [1.54, 1.807) is 35.6 Å². The van der Waals surface area contributed by atoms with Gasteiger partial charge in [-0.1, -0.05) is 12.1 Å². The number of carbonyl (C=O) groups excluding carboxylic acids is 1. The van der Waals surface area contributed by atoms with Crippen LogP contribution >= 0.6 is 11.3 Å². The fraction of sp³-hybridized carbons (Fsp3) is 0. The highest BCUT2D eigenvalue weighted by molar-refractivity contribution is 7.21. The van der Waals surface area contributed by atoms with Gasteiger partial charge < -0.3 is 5.32 Å². The van der Waals surface area contributed by atoms with Crippen molar-refractivity contribution >= 4 is 44.5 Å². The largest absolute Gasteiger partial charge is 0.322 e. The highest BCUT2D eigenvalue weighted by atomic mass is 32.1. The Bertz CT molecular complexity index is 1270. The summed E-state index contributed by atoms with van der Waals surface area (Å²) in [7, 11) is 0. The summed E-state index contributed by atoms with van der Waals surface area (Å²) in [4.78, 5) is 37.6. The van der Waals surface area contributed by atoms with Crippen LogP contribution in [0.4, 0.5) is 17.1 Å². The molecular weight excluding hydrogens is 408 g/mol. The third kappa shape index (κ3) is 3.71. The molecule has 4 aromatic rings. The number of nitrogens with zero attached hydrogens (tertiary/aromatic N) is 3. The van der Waals surface area contributed by atoms with Gasteiger partial charge >= 0.3 is 0 Å². The molecule has 10 heteroatoms. The average molecular weight is 420 g/mol. The number of thiazole rings is 1. The van der Waals surface area contributed by atoms with Crippen LogP contribution in [0.1, 0.15) is 10.4 Å². The molecule has 1 aromatic heterocycles. The molecule has 4 rings (SSSR count). The highest BCUT2D eigenvalue weighted by Crippen LogP contribution is 2.31. The predicted molar refractivity (Wildman–Crippen MR) is 113 cm³/mol. The lowest BCUT2D eigenvalue weighted by atomic mass is 10.1. The van der Waals surface area contributed by atoms with Gasteiger partial charge in [0, 0.05) is 17.3 Å². The van der Waals surface area contributed by atoms with Gasteiger partial charge in [0.1, 0.15) is 10.6 Å². The summed E-state index contributed by atoms with van der Waals surface area (Å²) >= 11 is 1.55. The van der Waals surface area contributed by atoms with Crippen LogP contribution in [-0.2, 0) is 0 Å². The maximum Gasteiger partial charge on any atom is 0.289 e. The van der Waals surface area contributed by atoms with E-state index in [-0.39, 0.29) is 5.56 Å². The summed E-state index contributed by atoms with van der Waals surface area (Å²) in [5.74, 6) is -0.732. The smallest absolute Gasteiger partial charge is 0.289 e. The second-order valence-corrected chi connectivity index (χ2v) is 7.26. The average Bonchev–Trinajstić information content (AvgIpc) is 3.18. The molecule has 0 aliphatic heterocycles. The number of para-hydroxylation sites is 1. The van der Waals surface area contributed by atoms with Gasteiger partial charge in [0.25, 0.3) is 17.3 Å². The summed E-state index contributed by atoms with van der Waals surface area (Å²) in [5.41, 5.74) is 0.848. The van der Waals surface area contributed by atoms with Crippen molar-refractivity contribution in [3.63, 3.8) is 0 Å². The zero-order valence-corrected chi connectivity index (χ0v) is 16.0. The van der Waals surface area contributed by atoms with Gasteiger partial charge in [-0.2, -0.15) is 0 Å². The van der Waals surface area contributed by atoms with Crippen LogP contribution in [0.25, 0.3) is 20.8 Å². The maximum absolute atomic E-state index is 12.5. The Balaban J connectivity index is 1.57. The molecule has 148 valence electrons. The number of benzene rings is 3. The Morgan fingerprint density at radius 3 is 2.33 bits per heavy atom. The number of nitro groups is 2. The Labute approximate surface area is 172 Å². The first-order valence-electron chi connectivity index (χ1n) is 8.62. The van der Waals surface area contributed by atoms with Crippen molar-refractivity contribution in [3.8, 4) is 10.6 Å². The van der Waals surface area contributed by atoms with Gasteiger partial charge in [-0.15, -0.1) is 11.3 Å². The molecule has 0 aliphatic rings. The van der Waals surface area contributed by atoms with Crippen LogP contribution in [0.5, 0.6) is 0 Å². The molecule has 0 atom stereocenters. The molecule has 0 saturated heterocycles. The molecule has 0 fully saturated rings. The van der Waals surface area contributed by atoms with Crippen LogP contribution in [0.3, 0.4) is 0 Å². The van der Waals surface area contributed by atoms with E-state index < -0.39 is 27.1 Å². The predicted octanol–water partition coefficient (Wildman–Crippen LogP) is 5.03. The van der Waals surface area contributed by atoms with Gasteiger partial charge in [0.05, 0.1) is 26.1 Å². The van der Waals surface area contributed by atoms with Gasteiger partial charge in [-0.05, 0) is 42.5 Å². The van der Waals surface area contributed by atoms with E-state index in [1.165, 1.54) is 0 Å². The quantitative estimate of drug-likeness (QED) is 0.356. The molecule has 0 saturated carbocycles. The lowest BCUT2D eigenvalue weighted by molar-refractivity contribution is -0.394. The molecule has 0 bridgehead atoms. The summed E-state index contributed by atoms with van der Waals surface area (Å²) < 4.78 is 1.07. The Hall–Kier alpha value is -4.18. The fourth-order valence-electron chi connectivity index (χ4n) is 2.87. The highest BCUT2D eigenvalue weighted by Gasteiger charge is 2.24. The summed E-state index contributed by atoms with van der Waals surface area (Å²) in [6, 6.07) is 17.6. The minimum atomic E-state index is -0.821. The van der Waals surface area contributed by atoms with Crippen molar-refractivity contribution in [1.82, 2.24) is 4.98 Å². The lowest BCUT2D eigenvalue weighted by Crippen LogP contribution is -2.14. The number of hydrogen-bond donors (Lipinski definition) is 1. The van der Waals surface area contributed by atoms with Crippen LogP contribution in [0.2, 0.25) is 0 Å². The minimum Gasteiger partial charge on any atom is -0.322 e. The first kappa shape index (κ1) is 19.2. The second-order valence-electron chi connectivity index (χ2n) is 6.23. The van der Waals surface area contributed by atoms with Crippen LogP contribution in [-0.4, -0.2) is 20.7 Å². The third-order valence-electron chi connectivity index (χ3n) is 4.32. The van der Waals surface area contributed by atoms with Crippen molar-refractivity contribution in [3.05, 3.63) is 92.5 Å². The van der Waals surface area contributed by atoms with Gasteiger partial charge in [0.15, 0.2) is 0 Å². The van der Waals surface area contributed by atoms with Crippen molar-refractivity contribution in [1.29, 1.82) is 0 Å². The monoisotopic (exact) mass is 420 g/mol. The number of carbonyl (C=O) groups is 1. The molecular formula is C20H12N4O5S. The zero-order valence-electron chi connectivity index (χ0n) is 15.1. The molecule has 9 nitrogen and oxygen atoms in total. The number of rotatable bonds is 5. The SMILES string of the molecule is O=C(Nc1ccc(-c2nc3ccccc3s2)cc1)c1ccc([N+](=O)[O-])cc1[N+](=O)[O-]. The van der Waals surface area contributed by atoms with Crippen LogP contribution < -0.4 is 5.32 Å². The molecule has 30 heavy (non-hydrogen) atoms. The summed E-state index contributed by atoms with van der Waals surface area (Å²) in [5, 5.41) is 25.5. The number of anilines is 1. The minimum absolute atomic E-state index is 0.263. The van der Waals surface area contributed by atoms with Gasteiger partial charge in [-0.3, -0.25) is 25.0 Å². The van der Waals surface area contributed by atoms with E-state index in [0.29, 0.717) is 5.69 Å². The normalized spacial score (nSPS) is 10.7. The van der Waals surface area contributed by atoms with Crippen molar-refractivity contribution in [2.75, 3.05) is 5.32 Å². The van der Waals surface area contributed by atoms with Crippen LogP contribution in [0, 0.1) is 20.2 Å². The van der Waals surface area contributed by atoms with E-state index in [1.807, 2.05) is 24.3 Å². The molecule has 0 spiro atoms. The maximum atomic E-state index is 12.5. The summed E-state index contributed by atoms with van der Waals surface area (Å²) in [6.07, 6.45) is 0. The number of nitrogens with one attached hydrogen (secondary N) is 1. The van der Waals surface area contributed by atoms with Crippen molar-refractivity contribution in [2.24, 2.45) is 0 Å². The molecule has 1 heterocycles. The molecule has 0 unspecified atom stereocenters. The molecule has 1 amide bonds. The zero-order chi connectivity index (χ0) is 21.3. The second kappa shape index (κ2) is 7.68.